The maximum Gasteiger partial charge on any atom is 0.223 e. The fourth-order valence-electron chi connectivity index (χ4n) is 3.46. The second-order valence-corrected chi connectivity index (χ2v) is 6.74. The van der Waals surface area contributed by atoms with E-state index in [1.165, 1.54) is 36.8 Å². The maximum atomic E-state index is 12.7. The number of benzene rings is 1. The van der Waals surface area contributed by atoms with Crippen LogP contribution in [0.2, 0.25) is 0 Å². The monoisotopic (exact) mass is 271 g/mol. The van der Waals surface area contributed by atoms with Crippen LogP contribution in [0.15, 0.2) is 24.3 Å². The van der Waals surface area contributed by atoms with Gasteiger partial charge in [-0.05, 0) is 49.1 Å². The zero-order valence-electron chi connectivity index (χ0n) is 12.6. The molecule has 0 heterocycles. The first-order valence-electron chi connectivity index (χ1n) is 8.05. The minimum absolute atomic E-state index is 0.332. The fraction of sp³-hybridized carbons (Fsp3) is 0.611. The Labute approximate surface area is 122 Å². The maximum absolute atomic E-state index is 12.7. The molecule has 1 aromatic carbocycles. The molecule has 1 aromatic rings. The number of fused-ring (bicyclic) bond motifs is 1. The molecule has 3 rings (SSSR count). The van der Waals surface area contributed by atoms with Crippen LogP contribution in [0, 0.1) is 5.92 Å². The highest BCUT2D eigenvalue weighted by atomic mass is 16.2. The van der Waals surface area contributed by atoms with Gasteiger partial charge in [-0.3, -0.25) is 4.79 Å². The van der Waals surface area contributed by atoms with Crippen molar-refractivity contribution in [3.05, 3.63) is 35.4 Å². The van der Waals surface area contributed by atoms with Gasteiger partial charge in [-0.1, -0.05) is 38.1 Å². The molecule has 0 saturated heterocycles. The summed E-state index contributed by atoms with van der Waals surface area (Å²) in [6.45, 7) is 4.27. The summed E-state index contributed by atoms with van der Waals surface area (Å²) in [5.74, 6) is 0.812. The van der Waals surface area contributed by atoms with E-state index in [9.17, 15) is 4.79 Å². The predicted molar refractivity (Wildman–Crippen MR) is 81.4 cm³/mol. The number of hydrogen-bond donors (Lipinski definition) is 0. The third-order valence-electron chi connectivity index (χ3n) is 4.48. The topological polar surface area (TPSA) is 20.3 Å². The summed E-state index contributed by atoms with van der Waals surface area (Å²) in [7, 11) is 0. The Balaban J connectivity index is 1.87. The highest BCUT2D eigenvalue weighted by Gasteiger charge is 2.39. The van der Waals surface area contributed by atoms with E-state index in [1.807, 2.05) is 0 Å². The molecule has 0 bridgehead atoms. The van der Waals surface area contributed by atoms with E-state index in [0.29, 0.717) is 30.3 Å². The van der Waals surface area contributed by atoms with Gasteiger partial charge in [0.25, 0.3) is 0 Å². The quantitative estimate of drug-likeness (QED) is 0.807. The number of amides is 1. The Morgan fingerprint density at radius 3 is 2.70 bits per heavy atom. The van der Waals surface area contributed by atoms with Crippen LogP contribution in [0.25, 0.3) is 0 Å². The Bertz CT molecular complexity index is 490. The third kappa shape index (κ3) is 2.74. The van der Waals surface area contributed by atoms with Gasteiger partial charge >= 0.3 is 0 Å². The summed E-state index contributed by atoms with van der Waals surface area (Å²) in [6.07, 6.45) is 6.60. The third-order valence-corrected chi connectivity index (χ3v) is 4.48. The van der Waals surface area contributed by atoms with E-state index >= 15 is 0 Å². The van der Waals surface area contributed by atoms with Crippen molar-refractivity contribution >= 4 is 5.91 Å². The van der Waals surface area contributed by atoms with Crippen LogP contribution < -0.4 is 0 Å². The van der Waals surface area contributed by atoms with Gasteiger partial charge in [0.1, 0.15) is 0 Å². The number of hydrogen-bond acceptors (Lipinski definition) is 1. The van der Waals surface area contributed by atoms with Crippen molar-refractivity contribution in [3.63, 3.8) is 0 Å². The van der Waals surface area contributed by atoms with Crippen molar-refractivity contribution in [2.24, 2.45) is 5.92 Å². The van der Waals surface area contributed by atoms with E-state index in [0.717, 1.165) is 6.42 Å². The molecular formula is C18H25NO. The molecule has 1 unspecified atom stereocenters. The molecule has 2 aliphatic rings. The molecule has 0 aliphatic heterocycles. The first-order valence-corrected chi connectivity index (χ1v) is 8.05. The van der Waals surface area contributed by atoms with Gasteiger partial charge in [0.05, 0.1) is 6.04 Å². The lowest BCUT2D eigenvalue weighted by molar-refractivity contribution is -0.135. The second-order valence-electron chi connectivity index (χ2n) is 6.74. The van der Waals surface area contributed by atoms with E-state index in [4.69, 9.17) is 0 Å². The molecule has 1 saturated carbocycles. The Morgan fingerprint density at radius 2 is 2.00 bits per heavy atom. The van der Waals surface area contributed by atoms with Gasteiger partial charge in [0.2, 0.25) is 5.91 Å². The summed E-state index contributed by atoms with van der Waals surface area (Å²) in [5.41, 5.74) is 2.86. The zero-order valence-corrected chi connectivity index (χ0v) is 12.6. The van der Waals surface area contributed by atoms with Gasteiger partial charge in [-0.2, -0.15) is 0 Å². The summed E-state index contributed by atoms with van der Waals surface area (Å²) < 4.78 is 0. The van der Waals surface area contributed by atoms with Crippen LogP contribution in [0.1, 0.15) is 63.1 Å². The van der Waals surface area contributed by atoms with Crippen molar-refractivity contribution in [3.8, 4) is 0 Å². The number of rotatable bonds is 4. The minimum Gasteiger partial charge on any atom is -0.333 e. The van der Waals surface area contributed by atoms with Crippen LogP contribution >= 0.6 is 0 Å². The highest BCUT2D eigenvalue weighted by molar-refractivity contribution is 5.77. The van der Waals surface area contributed by atoms with Gasteiger partial charge in [-0.25, -0.2) is 0 Å². The lowest BCUT2D eigenvalue weighted by Crippen LogP contribution is -2.38. The zero-order chi connectivity index (χ0) is 14.1. The average molecular weight is 271 g/mol. The van der Waals surface area contributed by atoms with Gasteiger partial charge in [-0.15, -0.1) is 0 Å². The first-order chi connectivity index (χ1) is 9.66. The van der Waals surface area contributed by atoms with E-state index < -0.39 is 0 Å². The SMILES string of the molecule is CC(C)CC(=O)N(C1CC1)C1CCCc2ccccc21. The molecule has 2 heteroatoms. The summed E-state index contributed by atoms with van der Waals surface area (Å²) in [6, 6.07) is 9.56. The standard InChI is InChI=1S/C18H25NO/c1-13(2)12-18(20)19(15-10-11-15)17-9-5-7-14-6-3-4-8-16(14)17/h3-4,6,8,13,15,17H,5,7,9-12H2,1-2H3. The number of carbonyl (C=O) groups is 1. The number of nitrogens with zero attached hydrogens (tertiary/aromatic N) is 1. The van der Waals surface area contributed by atoms with Crippen molar-refractivity contribution in [1.29, 1.82) is 0 Å². The molecular weight excluding hydrogens is 246 g/mol. The molecule has 0 aromatic heterocycles. The minimum atomic E-state index is 0.332. The Kier molecular flexibility index (Phi) is 3.82. The van der Waals surface area contributed by atoms with Crippen molar-refractivity contribution < 1.29 is 4.79 Å². The lowest BCUT2D eigenvalue weighted by Gasteiger charge is -2.36. The predicted octanol–water partition coefficient (Wildman–Crippen LogP) is 4.10. The second kappa shape index (κ2) is 5.59. The van der Waals surface area contributed by atoms with E-state index in [1.54, 1.807) is 0 Å². The van der Waals surface area contributed by atoms with Crippen molar-refractivity contribution in [2.75, 3.05) is 0 Å². The smallest absolute Gasteiger partial charge is 0.223 e. The van der Waals surface area contributed by atoms with Gasteiger partial charge < -0.3 is 4.90 Å². The number of aryl methyl sites for hydroxylation is 1. The summed E-state index contributed by atoms with van der Waals surface area (Å²) >= 11 is 0. The average Bonchev–Trinajstić information content (AvgIpc) is 3.23. The molecule has 0 radical (unpaired) electrons. The molecule has 108 valence electrons. The summed E-state index contributed by atoms with van der Waals surface area (Å²) in [4.78, 5) is 14.9. The van der Waals surface area contributed by atoms with Gasteiger partial charge in [0.15, 0.2) is 0 Å². The molecule has 2 nitrogen and oxygen atoms in total. The molecule has 2 aliphatic carbocycles. The Morgan fingerprint density at radius 1 is 1.25 bits per heavy atom. The van der Waals surface area contributed by atoms with Crippen LogP contribution in [-0.4, -0.2) is 16.8 Å². The summed E-state index contributed by atoms with van der Waals surface area (Å²) in [5, 5.41) is 0. The molecule has 1 amide bonds. The molecule has 20 heavy (non-hydrogen) atoms. The lowest BCUT2D eigenvalue weighted by atomic mass is 9.86. The molecule has 0 N–H and O–H groups in total. The molecule has 1 atom stereocenters. The normalized spacial score (nSPS) is 21.6. The highest BCUT2D eigenvalue weighted by Crippen LogP contribution is 2.41. The van der Waals surface area contributed by atoms with Crippen LogP contribution in [0.3, 0.4) is 0 Å². The molecule has 0 spiro atoms. The van der Waals surface area contributed by atoms with E-state index in [2.05, 4.69) is 43.0 Å². The van der Waals surface area contributed by atoms with Crippen LogP contribution in [0.4, 0.5) is 0 Å². The van der Waals surface area contributed by atoms with Crippen LogP contribution in [-0.2, 0) is 11.2 Å². The van der Waals surface area contributed by atoms with Crippen LogP contribution in [0.5, 0.6) is 0 Å². The fourth-order valence-corrected chi connectivity index (χ4v) is 3.46. The molecule has 1 fully saturated rings. The largest absolute Gasteiger partial charge is 0.333 e. The van der Waals surface area contributed by atoms with E-state index in [-0.39, 0.29) is 0 Å². The van der Waals surface area contributed by atoms with Crippen molar-refractivity contribution in [2.45, 2.75) is 64.5 Å². The Hall–Kier alpha value is -1.31. The van der Waals surface area contributed by atoms with Crippen molar-refractivity contribution in [1.82, 2.24) is 4.90 Å². The number of carbonyl (C=O) groups excluding carboxylic acids is 1. The first kappa shape index (κ1) is 13.7. The van der Waals surface area contributed by atoms with Gasteiger partial charge in [0, 0.05) is 12.5 Å².